The summed E-state index contributed by atoms with van der Waals surface area (Å²) in [6, 6.07) is 42.3. The van der Waals surface area contributed by atoms with Gasteiger partial charge in [0.2, 0.25) is 0 Å². The largest absolute Gasteiger partial charge is 0.507 e. The average molecular weight is 987 g/mol. The first-order valence-corrected chi connectivity index (χ1v) is 23.4. The number of hydrogen-bond acceptors (Lipinski definition) is 11. The smallest absolute Gasteiger partial charge is 0.266 e. The van der Waals surface area contributed by atoms with Crippen LogP contribution in [0.1, 0.15) is 88.4 Å². The van der Waals surface area contributed by atoms with Crippen LogP contribution in [-0.4, -0.2) is 74.3 Å². The van der Waals surface area contributed by atoms with Gasteiger partial charge < -0.3 is 14.8 Å². The lowest BCUT2D eigenvalue weighted by atomic mass is 9.97. The van der Waals surface area contributed by atoms with Crippen LogP contribution in [0.15, 0.2) is 158 Å². The third kappa shape index (κ3) is 6.80. The molecule has 0 aliphatic carbocycles. The van der Waals surface area contributed by atoms with Gasteiger partial charge >= 0.3 is 0 Å². The number of rotatable bonds is 8. The van der Waals surface area contributed by atoms with Crippen molar-refractivity contribution >= 4 is 75.4 Å². The van der Waals surface area contributed by atoms with Crippen LogP contribution in [0.3, 0.4) is 0 Å². The summed E-state index contributed by atoms with van der Waals surface area (Å²) in [5, 5.41) is 11.1. The number of anilines is 3. The fourth-order valence-electron chi connectivity index (χ4n) is 10.1. The molecule has 0 saturated carbocycles. The van der Waals surface area contributed by atoms with Crippen molar-refractivity contribution in [1.29, 1.82) is 0 Å². The third-order valence-corrected chi connectivity index (χ3v) is 14.0. The monoisotopic (exact) mass is 986 g/mol. The number of amides is 8. The SMILES string of the molecule is Cc1ccc2[nH]c(-c3ccc(N4C(=O)c5ccc(-c6ccc7c(c6)C(=O)N(c6ccc(Oc8ccc(N9C(=O)c%10ccc(-c%11ccc%12c(c%11)C(=O)N(C)C%12=O)cc%10C9=O)cc8)cc6)C7=O)cc5C4=O)cc3O)nc2c1. The quantitative estimate of drug-likeness (QED) is 0.137. The molecule has 0 atom stereocenters. The molecule has 16 nitrogen and oxygen atoms in total. The number of imidazole rings is 1. The molecule has 0 spiro atoms. The van der Waals surface area contributed by atoms with Crippen molar-refractivity contribution in [1.82, 2.24) is 14.9 Å². The first-order chi connectivity index (χ1) is 36.2. The van der Waals surface area contributed by atoms with E-state index in [1.54, 1.807) is 133 Å². The predicted molar refractivity (Wildman–Crippen MR) is 274 cm³/mol. The van der Waals surface area contributed by atoms with E-state index in [4.69, 9.17) is 4.74 Å². The van der Waals surface area contributed by atoms with Gasteiger partial charge in [-0.1, -0.05) is 30.3 Å². The minimum Gasteiger partial charge on any atom is -0.507 e. The molecule has 16 heteroatoms. The van der Waals surface area contributed by atoms with Gasteiger partial charge in [-0.2, -0.15) is 0 Å². The number of ether oxygens (including phenoxy) is 1. The number of aromatic amines is 1. The first kappa shape index (κ1) is 44.3. The zero-order valence-corrected chi connectivity index (χ0v) is 39.4. The van der Waals surface area contributed by atoms with Crippen molar-refractivity contribution in [2.45, 2.75) is 6.92 Å². The number of imide groups is 4. The molecule has 0 radical (unpaired) electrons. The molecule has 9 aromatic rings. The van der Waals surface area contributed by atoms with Gasteiger partial charge in [-0.3, -0.25) is 43.3 Å². The third-order valence-electron chi connectivity index (χ3n) is 14.0. The number of H-pyrrole nitrogens is 1. The normalized spacial score (nSPS) is 14.7. The van der Waals surface area contributed by atoms with Gasteiger partial charge in [0.15, 0.2) is 0 Å². The number of benzene rings is 8. The molecule has 13 rings (SSSR count). The van der Waals surface area contributed by atoms with Crippen LogP contribution in [0.25, 0.3) is 44.7 Å². The van der Waals surface area contributed by atoms with Crippen LogP contribution in [0.4, 0.5) is 17.1 Å². The summed E-state index contributed by atoms with van der Waals surface area (Å²) in [5.41, 5.74) is 7.63. The Balaban J connectivity index is 0.677. The number of phenolic OH excluding ortho intramolecular Hbond substituents is 1. The molecule has 360 valence electrons. The minimum absolute atomic E-state index is 0.136. The minimum atomic E-state index is -0.591. The standard InChI is InChI=1S/C59H34N6O10/c1-29-3-22-48-49(23-29)61-51(60-48)43-21-12-36(28-50(43)66)65-56(71)42-20-7-33(27-47(42)59(65)74)32-6-19-41-46(26-32)58(73)64(55(41)70)35-10-15-38(16-11-35)75-37-13-8-34(9-14-37)63-54(69)40-18-5-31(25-45(40)57(63)72)30-4-17-39-44(24-30)53(68)62(2)52(39)67/h3-28,66H,1-2H3,(H,60,61). The molecular formula is C59H34N6O10. The molecule has 8 amide bonds. The second-order valence-electron chi connectivity index (χ2n) is 18.4. The summed E-state index contributed by atoms with van der Waals surface area (Å²) in [7, 11) is 1.42. The van der Waals surface area contributed by atoms with Crippen molar-refractivity contribution < 1.29 is 48.2 Å². The van der Waals surface area contributed by atoms with Crippen molar-refractivity contribution in [2.24, 2.45) is 0 Å². The highest BCUT2D eigenvalue weighted by atomic mass is 16.5. The number of nitrogens with one attached hydrogen (secondary N) is 1. The molecule has 5 heterocycles. The number of aromatic hydroxyl groups is 1. The molecule has 0 saturated heterocycles. The molecule has 8 aromatic carbocycles. The Kier molecular flexibility index (Phi) is 9.58. The van der Waals surface area contributed by atoms with Crippen LogP contribution < -0.4 is 19.4 Å². The number of carbonyl (C=O) groups is 8. The fraction of sp³-hybridized carbons (Fsp3) is 0.0339. The Morgan fingerprint density at radius 1 is 0.400 bits per heavy atom. The van der Waals surface area contributed by atoms with Crippen LogP contribution in [0.2, 0.25) is 0 Å². The van der Waals surface area contributed by atoms with E-state index in [1.165, 1.54) is 13.1 Å². The molecule has 4 aliphatic rings. The van der Waals surface area contributed by atoms with E-state index in [-0.39, 0.29) is 56.3 Å². The maximum atomic E-state index is 13.9. The summed E-state index contributed by atoms with van der Waals surface area (Å²) < 4.78 is 6.06. The number of aryl methyl sites for hydroxylation is 1. The van der Waals surface area contributed by atoms with E-state index in [1.807, 2.05) is 25.1 Å². The number of carbonyl (C=O) groups excluding carboxylic acids is 8. The summed E-state index contributed by atoms with van der Waals surface area (Å²) in [4.78, 5) is 119. The number of nitrogens with zero attached hydrogens (tertiary/aromatic N) is 5. The van der Waals surface area contributed by atoms with E-state index >= 15 is 0 Å². The Hall–Kier alpha value is -10.6. The summed E-state index contributed by atoms with van der Waals surface area (Å²) >= 11 is 0. The van der Waals surface area contributed by atoms with E-state index in [0.29, 0.717) is 62.1 Å². The Labute approximate surface area is 424 Å². The Morgan fingerprint density at radius 3 is 1.23 bits per heavy atom. The molecule has 0 fully saturated rings. The maximum absolute atomic E-state index is 13.9. The van der Waals surface area contributed by atoms with Gasteiger partial charge in [0, 0.05) is 13.1 Å². The van der Waals surface area contributed by atoms with Crippen LogP contribution >= 0.6 is 0 Å². The van der Waals surface area contributed by atoms with Gasteiger partial charge in [0.1, 0.15) is 23.1 Å². The number of fused-ring (bicyclic) bond motifs is 5. The fourth-order valence-corrected chi connectivity index (χ4v) is 10.1. The van der Waals surface area contributed by atoms with Crippen LogP contribution in [-0.2, 0) is 0 Å². The number of phenols is 1. The summed E-state index contributed by atoms with van der Waals surface area (Å²) in [6.45, 7) is 1.96. The van der Waals surface area contributed by atoms with Crippen molar-refractivity contribution in [3.8, 4) is 50.9 Å². The summed E-state index contributed by atoms with van der Waals surface area (Å²) in [6.07, 6.45) is 0. The molecule has 2 N–H and O–H groups in total. The predicted octanol–water partition coefficient (Wildman–Crippen LogP) is 10.00. The lowest BCUT2D eigenvalue weighted by Gasteiger charge is -2.16. The van der Waals surface area contributed by atoms with Gasteiger partial charge in [-0.15, -0.1) is 0 Å². The molecule has 0 unspecified atom stereocenters. The topological polar surface area (TPSA) is 208 Å². The van der Waals surface area contributed by atoms with Gasteiger partial charge in [0.25, 0.3) is 47.3 Å². The molecule has 1 aromatic heterocycles. The molecule has 0 bridgehead atoms. The lowest BCUT2D eigenvalue weighted by Crippen LogP contribution is -2.29. The van der Waals surface area contributed by atoms with E-state index < -0.39 is 41.4 Å². The van der Waals surface area contributed by atoms with E-state index in [9.17, 15) is 43.5 Å². The van der Waals surface area contributed by atoms with Crippen LogP contribution in [0.5, 0.6) is 17.2 Å². The van der Waals surface area contributed by atoms with Crippen molar-refractivity contribution in [2.75, 3.05) is 21.7 Å². The lowest BCUT2D eigenvalue weighted by molar-refractivity contribution is 0.0690. The number of aromatic nitrogens is 2. The zero-order valence-electron chi connectivity index (χ0n) is 39.4. The van der Waals surface area contributed by atoms with Crippen molar-refractivity contribution in [3.63, 3.8) is 0 Å². The highest BCUT2D eigenvalue weighted by molar-refractivity contribution is 6.36. The highest BCUT2D eigenvalue weighted by Crippen LogP contribution is 2.40. The van der Waals surface area contributed by atoms with Gasteiger partial charge in [0.05, 0.1) is 78.2 Å². The maximum Gasteiger partial charge on any atom is 0.266 e. The first-order valence-electron chi connectivity index (χ1n) is 23.4. The zero-order chi connectivity index (χ0) is 51.7. The average Bonchev–Trinajstić information content (AvgIpc) is 4.16. The molecule has 4 aliphatic heterocycles. The van der Waals surface area contributed by atoms with Gasteiger partial charge in [-0.05, 0) is 156 Å². The van der Waals surface area contributed by atoms with E-state index in [0.717, 1.165) is 36.2 Å². The van der Waals surface area contributed by atoms with Crippen LogP contribution in [0, 0.1) is 6.92 Å². The highest BCUT2D eigenvalue weighted by Gasteiger charge is 2.41. The second kappa shape index (κ2) is 16.2. The van der Waals surface area contributed by atoms with E-state index in [2.05, 4.69) is 9.97 Å². The Bertz CT molecular complexity index is 4160. The molecular weight excluding hydrogens is 953 g/mol. The second-order valence-corrected chi connectivity index (χ2v) is 18.4. The Morgan fingerprint density at radius 2 is 0.773 bits per heavy atom. The summed E-state index contributed by atoms with van der Waals surface area (Å²) in [5.74, 6) is -3.07. The van der Waals surface area contributed by atoms with Gasteiger partial charge in [-0.25, -0.2) is 19.7 Å². The molecule has 75 heavy (non-hydrogen) atoms. The van der Waals surface area contributed by atoms with Crippen molar-refractivity contribution in [3.05, 3.63) is 208 Å². The number of hydrogen-bond donors (Lipinski definition) is 2.